The average molecular weight is 429 g/mol. The molecule has 0 radical (unpaired) electrons. The van der Waals surface area contributed by atoms with Crippen molar-refractivity contribution >= 4 is 17.5 Å². The molecule has 1 aromatic heterocycles. The van der Waals surface area contributed by atoms with Crippen LogP contribution in [-0.2, 0) is 7.05 Å². The van der Waals surface area contributed by atoms with Crippen molar-refractivity contribution in [3.05, 3.63) is 35.9 Å². The van der Waals surface area contributed by atoms with E-state index in [1.54, 1.807) is 10.6 Å². The van der Waals surface area contributed by atoms with Gasteiger partial charge in [0, 0.05) is 12.6 Å². The summed E-state index contributed by atoms with van der Waals surface area (Å²) in [7, 11) is 4.64. The lowest BCUT2D eigenvalue weighted by Crippen LogP contribution is -2.06. The van der Waals surface area contributed by atoms with Crippen molar-refractivity contribution in [1.82, 2.24) is 14.8 Å². The molecular formula is C20H19N3O6S. The first-order valence-corrected chi connectivity index (χ1v) is 9.91. The van der Waals surface area contributed by atoms with E-state index in [4.69, 9.17) is 18.9 Å². The third kappa shape index (κ3) is 3.50. The molecule has 10 heteroatoms. The van der Waals surface area contributed by atoms with E-state index in [1.165, 1.54) is 32.0 Å². The first-order valence-electron chi connectivity index (χ1n) is 8.92. The van der Waals surface area contributed by atoms with Crippen LogP contribution in [0.5, 0.6) is 28.7 Å². The van der Waals surface area contributed by atoms with Gasteiger partial charge in [0.1, 0.15) is 0 Å². The van der Waals surface area contributed by atoms with Crippen LogP contribution in [0.25, 0.3) is 11.4 Å². The molecule has 0 atom stereocenters. The standard InChI is InChI=1S/C20H19N3O6S/c1-23-19(11-4-6-14-16(8-11)29-10-28-14)21-22-20(23)30-9-13(24)12-5-7-15(26-2)17(25)18(12)27-3/h4-8,25H,9-10H2,1-3H3. The van der Waals surface area contributed by atoms with Crippen LogP contribution >= 0.6 is 11.8 Å². The fraction of sp³-hybridized carbons (Fsp3) is 0.250. The van der Waals surface area contributed by atoms with Crippen LogP contribution in [0.3, 0.4) is 0 Å². The van der Waals surface area contributed by atoms with Crippen molar-refractivity contribution < 1.29 is 28.8 Å². The first kappa shape index (κ1) is 19.9. The van der Waals surface area contributed by atoms with Crippen molar-refractivity contribution in [2.75, 3.05) is 26.8 Å². The lowest BCUT2D eigenvalue weighted by Gasteiger charge is -2.12. The van der Waals surface area contributed by atoms with Gasteiger partial charge in [0.25, 0.3) is 0 Å². The molecule has 0 unspecified atom stereocenters. The molecule has 0 amide bonds. The molecule has 156 valence electrons. The van der Waals surface area contributed by atoms with E-state index in [2.05, 4.69) is 10.2 Å². The van der Waals surface area contributed by atoms with E-state index in [0.717, 1.165) is 5.56 Å². The molecule has 0 spiro atoms. The summed E-state index contributed by atoms with van der Waals surface area (Å²) in [5, 5.41) is 19.2. The number of aromatic nitrogens is 3. The number of methoxy groups -OCH3 is 2. The Hall–Kier alpha value is -3.40. The minimum Gasteiger partial charge on any atom is -0.502 e. The molecule has 4 rings (SSSR count). The number of ketones is 1. The zero-order valence-corrected chi connectivity index (χ0v) is 17.4. The molecule has 0 fully saturated rings. The van der Waals surface area contributed by atoms with E-state index < -0.39 is 0 Å². The van der Waals surface area contributed by atoms with Crippen molar-refractivity contribution in [3.8, 4) is 40.1 Å². The van der Waals surface area contributed by atoms with Crippen molar-refractivity contribution in [3.63, 3.8) is 0 Å². The minimum absolute atomic E-state index is 0.0824. The number of ether oxygens (including phenoxy) is 4. The average Bonchev–Trinajstić information content (AvgIpc) is 3.37. The molecule has 3 aromatic rings. The second kappa shape index (κ2) is 8.15. The molecule has 2 heterocycles. The lowest BCUT2D eigenvalue weighted by atomic mass is 10.1. The third-order valence-corrected chi connectivity index (χ3v) is 5.64. The Morgan fingerprint density at radius 3 is 2.73 bits per heavy atom. The summed E-state index contributed by atoms with van der Waals surface area (Å²) in [6.45, 7) is 0.200. The molecule has 1 N–H and O–H groups in total. The number of carbonyl (C=O) groups excluding carboxylic acids is 1. The maximum atomic E-state index is 12.7. The molecule has 9 nitrogen and oxygen atoms in total. The third-order valence-electron chi connectivity index (χ3n) is 4.62. The van der Waals surface area contributed by atoms with Crippen LogP contribution in [0.1, 0.15) is 10.4 Å². The number of carbonyl (C=O) groups is 1. The second-order valence-corrected chi connectivity index (χ2v) is 7.28. The number of hydrogen-bond donors (Lipinski definition) is 1. The summed E-state index contributed by atoms with van der Waals surface area (Å²) in [6.07, 6.45) is 0. The highest BCUT2D eigenvalue weighted by Gasteiger charge is 2.21. The van der Waals surface area contributed by atoms with Gasteiger partial charge >= 0.3 is 0 Å². The topological polar surface area (TPSA) is 105 Å². The number of fused-ring (bicyclic) bond motifs is 1. The van der Waals surface area contributed by atoms with E-state index in [0.29, 0.717) is 22.5 Å². The van der Waals surface area contributed by atoms with Crippen LogP contribution in [0.4, 0.5) is 0 Å². The van der Waals surface area contributed by atoms with Crippen molar-refractivity contribution in [1.29, 1.82) is 0 Å². The maximum Gasteiger partial charge on any atom is 0.231 e. The summed E-state index contributed by atoms with van der Waals surface area (Å²) in [5.41, 5.74) is 1.09. The van der Waals surface area contributed by atoms with Gasteiger partial charge in [0.15, 0.2) is 39.8 Å². The van der Waals surface area contributed by atoms with E-state index >= 15 is 0 Å². The van der Waals surface area contributed by atoms with Gasteiger partial charge in [-0.1, -0.05) is 11.8 Å². The van der Waals surface area contributed by atoms with Gasteiger partial charge in [-0.3, -0.25) is 4.79 Å². The summed E-state index contributed by atoms with van der Waals surface area (Å²) >= 11 is 1.24. The number of phenols is 1. The largest absolute Gasteiger partial charge is 0.502 e. The van der Waals surface area contributed by atoms with Crippen LogP contribution in [0.15, 0.2) is 35.5 Å². The summed E-state index contributed by atoms with van der Waals surface area (Å²) < 4.78 is 22.8. The molecule has 30 heavy (non-hydrogen) atoms. The Balaban J connectivity index is 1.51. The molecule has 0 saturated heterocycles. The molecule has 1 aliphatic rings. The van der Waals surface area contributed by atoms with Crippen molar-refractivity contribution in [2.24, 2.45) is 7.05 Å². The first-order chi connectivity index (χ1) is 14.5. The quantitative estimate of drug-likeness (QED) is 0.448. The number of Topliss-reactive ketones (excluding diaryl/α,β-unsaturated/α-hetero) is 1. The number of nitrogens with zero attached hydrogens (tertiary/aromatic N) is 3. The fourth-order valence-corrected chi connectivity index (χ4v) is 3.87. The number of rotatable bonds is 7. The van der Waals surface area contributed by atoms with E-state index in [1.807, 2.05) is 25.2 Å². The predicted octanol–water partition coefficient (Wildman–Crippen LogP) is 2.91. The highest BCUT2D eigenvalue weighted by Crippen LogP contribution is 2.39. The normalized spacial score (nSPS) is 12.1. The zero-order valence-electron chi connectivity index (χ0n) is 16.5. The predicted molar refractivity (Wildman–Crippen MR) is 109 cm³/mol. The minimum atomic E-state index is -0.220. The zero-order chi connectivity index (χ0) is 21.3. The Bertz CT molecular complexity index is 1110. The van der Waals surface area contributed by atoms with Crippen molar-refractivity contribution in [2.45, 2.75) is 5.16 Å². The van der Waals surface area contributed by atoms with Crippen LogP contribution in [0, 0.1) is 0 Å². The summed E-state index contributed by atoms with van der Waals surface area (Å²) in [5.74, 6) is 1.97. The number of benzene rings is 2. The number of aromatic hydroxyl groups is 1. The lowest BCUT2D eigenvalue weighted by molar-refractivity contribution is 0.101. The highest BCUT2D eigenvalue weighted by atomic mass is 32.2. The van der Waals surface area contributed by atoms with E-state index in [-0.39, 0.29) is 41.1 Å². The molecule has 0 bridgehead atoms. The molecule has 1 aliphatic heterocycles. The van der Waals surface area contributed by atoms with Crippen LogP contribution < -0.4 is 18.9 Å². The van der Waals surface area contributed by atoms with Gasteiger partial charge in [-0.2, -0.15) is 0 Å². The SMILES string of the molecule is COc1ccc(C(=O)CSc2nnc(-c3ccc4c(c3)OCO4)n2C)c(OC)c1O. The van der Waals surface area contributed by atoms with Gasteiger partial charge in [-0.15, -0.1) is 10.2 Å². The summed E-state index contributed by atoms with van der Waals surface area (Å²) in [4.78, 5) is 12.7. The molecule has 0 aliphatic carbocycles. The van der Waals surface area contributed by atoms with Gasteiger partial charge in [-0.25, -0.2) is 0 Å². The highest BCUT2D eigenvalue weighted by molar-refractivity contribution is 7.99. The Labute approximate surface area is 176 Å². The summed E-state index contributed by atoms with van der Waals surface area (Å²) in [6, 6.07) is 8.63. The molecular weight excluding hydrogens is 410 g/mol. The number of hydrogen-bond acceptors (Lipinski definition) is 9. The molecule has 0 saturated carbocycles. The smallest absolute Gasteiger partial charge is 0.231 e. The van der Waals surface area contributed by atoms with E-state index in [9.17, 15) is 9.90 Å². The van der Waals surface area contributed by atoms with Gasteiger partial charge in [-0.05, 0) is 30.3 Å². The van der Waals surface area contributed by atoms with Crippen LogP contribution in [-0.4, -0.2) is 52.4 Å². The second-order valence-electron chi connectivity index (χ2n) is 6.34. The van der Waals surface area contributed by atoms with Crippen LogP contribution in [0.2, 0.25) is 0 Å². The van der Waals surface area contributed by atoms with Gasteiger partial charge in [0.05, 0.1) is 25.5 Å². The number of thioether (sulfide) groups is 1. The fourth-order valence-electron chi connectivity index (χ4n) is 3.08. The van der Waals surface area contributed by atoms with Gasteiger partial charge in [0.2, 0.25) is 12.5 Å². The monoisotopic (exact) mass is 429 g/mol. The van der Waals surface area contributed by atoms with Gasteiger partial charge < -0.3 is 28.6 Å². The maximum absolute atomic E-state index is 12.7. The number of phenolic OH excluding ortho intramolecular Hbond substituents is 1. The Morgan fingerprint density at radius 1 is 1.17 bits per heavy atom. The Kier molecular flexibility index (Phi) is 5.40. The Morgan fingerprint density at radius 2 is 1.97 bits per heavy atom. The molecule has 2 aromatic carbocycles.